The van der Waals surface area contributed by atoms with Crippen LogP contribution in [0.3, 0.4) is 0 Å². The number of rotatable bonds is 5. The predicted molar refractivity (Wildman–Crippen MR) is 94.8 cm³/mol. The Morgan fingerprint density at radius 2 is 2.18 bits per heavy atom. The van der Waals surface area contributed by atoms with E-state index in [0.29, 0.717) is 11.0 Å². The number of aryl methyl sites for hydroxylation is 1. The molecule has 22 heavy (non-hydrogen) atoms. The lowest BCUT2D eigenvalue weighted by atomic mass is 10.1. The van der Waals surface area contributed by atoms with E-state index in [0.717, 1.165) is 29.2 Å². The summed E-state index contributed by atoms with van der Waals surface area (Å²) in [5, 5.41) is 7.15. The molecule has 0 saturated heterocycles. The molecule has 118 valence electrons. The molecule has 4 heteroatoms. The van der Waals surface area contributed by atoms with Crippen LogP contribution in [0, 0.1) is 0 Å². The molecule has 0 saturated carbocycles. The summed E-state index contributed by atoms with van der Waals surface area (Å²) in [5.74, 6) is 0.390. The summed E-state index contributed by atoms with van der Waals surface area (Å²) in [7, 11) is 0. The van der Waals surface area contributed by atoms with Gasteiger partial charge < -0.3 is 4.57 Å². The van der Waals surface area contributed by atoms with Crippen molar-refractivity contribution in [2.24, 2.45) is 0 Å². The van der Waals surface area contributed by atoms with Crippen LogP contribution in [-0.4, -0.2) is 14.3 Å². The highest BCUT2D eigenvalue weighted by Gasteiger charge is 2.12. The number of aromatic nitrogens is 3. The summed E-state index contributed by atoms with van der Waals surface area (Å²) in [4.78, 5) is 0. The summed E-state index contributed by atoms with van der Waals surface area (Å²) in [5.41, 5.74) is 2.27. The average Bonchev–Trinajstić information content (AvgIpc) is 3.05. The minimum Gasteiger partial charge on any atom is -0.310 e. The third kappa shape index (κ3) is 3.36. The van der Waals surface area contributed by atoms with Gasteiger partial charge in [0.25, 0.3) is 0 Å². The molecule has 3 nitrogen and oxygen atoms in total. The monoisotopic (exact) mass is 317 g/mol. The van der Waals surface area contributed by atoms with Crippen molar-refractivity contribution < 1.29 is 0 Å². The van der Waals surface area contributed by atoms with Crippen LogP contribution in [0.2, 0.25) is 0 Å². The van der Waals surface area contributed by atoms with E-state index in [1.807, 2.05) is 30.0 Å². The Morgan fingerprint density at radius 1 is 1.45 bits per heavy atom. The van der Waals surface area contributed by atoms with Crippen LogP contribution in [0.15, 0.2) is 29.6 Å². The van der Waals surface area contributed by atoms with Crippen molar-refractivity contribution in [3.63, 3.8) is 0 Å². The van der Waals surface area contributed by atoms with Gasteiger partial charge in [-0.3, -0.25) is 4.68 Å². The lowest BCUT2D eigenvalue weighted by molar-refractivity contribution is 0.602. The van der Waals surface area contributed by atoms with Crippen LogP contribution in [0.25, 0.3) is 18.3 Å². The third-order valence-corrected chi connectivity index (χ3v) is 3.95. The normalized spacial score (nSPS) is 13.4. The SMILES string of the molecule is C=c1cc(C(C)C)n(-c2cnn(CCC)c2)/c1=C/C(Cl)=C\C. The first kappa shape index (κ1) is 16.6. The highest BCUT2D eigenvalue weighted by molar-refractivity contribution is 6.33. The second-order valence-corrected chi connectivity index (χ2v) is 6.19. The molecule has 0 unspecified atom stereocenters. The summed E-state index contributed by atoms with van der Waals surface area (Å²) in [6, 6.07) is 2.13. The Hall–Kier alpha value is -1.74. The van der Waals surface area contributed by atoms with Gasteiger partial charge in [-0.1, -0.05) is 45.0 Å². The van der Waals surface area contributed by atoms with E-state index in [2.05, 4.69) is 49.3 Å². The van der Waals surface area contributed by atoms with E-state index in [1.54, 1.807) is 0 Å². The molecule has 2 aromatic heterocycles. The first-order chi connectivity index (χ1) is 10.5. The minimum atomic E-state index is 0.390. The molecular formula is C18H24ClN3. The summed E-state index contributed by atoms with van der Waals surface area (Å²) in [6.07, 6.45) is 8.90. The van der Waals surface area contributed by atoms with Crippen molar-refractivity contribution in [1.29, 1.82) is 0 Å². The average molecular weight is 318 g/mol. The molecule has 2 aromatic rings. The van der Waals surface area contributed by atoms with Gasteiger partial charge in [0, 0.05) is 23.5 Å². The fraction of sp³-hybridized carbons (Fsp3) is 0.389. The van der Waals surface area contributed by atoms with Gasteiger partial charge in [-0.2, -0.15) is 5.10 Å². The van der Waals surface area contributed by atoms with Gasteiger partial charge >= 0.3 is 0 Å². The smallest absolute Gasteiger partial charge is 0.0840 e. The zero-order valence-electron chi connectivity index (χ0n) is 13.8. The molecular weight excluding hydrogens is 294 g/mol. The molecule has 0 amide bonds. The molecule has 0 radical (unpaired) electrons. The molecule has 0 aliphatic heterocycles. The predicted octanol–water partition coefficient (Wildman–Crippen LogP) is 3.54. The first-order valence-corrected chi connectivity index (χ1v) is 8.12. The molecule has 0 aliphatic carbocycles. The molecule has 0 aromatic carbocycles. The number of allylic oxidation sites excluding steroid dienone is 2. The zero-order valence-corrected chi connectivity index (χ0v) is 14.6. The van der Waals surface area contributed by atoms with Gasteiger partial charge in [0.2, 0.25) is 0 Å². The second kappa shape index (κ2) is 7.01. The van der Waals surface area contributed by atoms with E-state index in [4.69, 9.17) is 11.6 Å². The highest BCUT2D eigenvalue weighted by Crippen LogP contribution is 2.16. The molecule has 0 atom stereocenters. The van der Waals surface area contributed by atoms with Crippen molar-refractivity contribution >= 4 is 24.3 Å². The van der Waals surface area contributed by atoms with Crippen LogP contribution in [0.4, 0.5) is 0 Å². The Balaban J connectivity index is 2.70. The van der Waals surface area contributed by atoms with Crippen LogP contribution < -0.4 is 10.6 Å². The summed E-state index contributed by atoms with van der Waals surface area (Å²) < 4.78 is 4.18. The van der Waals surface area contributed by atoms with Crippen molar-refractivity contribution in [2.75, 3.05) is 0 Å². The zero-order chi connectivity index (χ0) is 16.3. The van der Waals surface area contributed by atoms with E-state index < -0.39 is 0 Å². The van der Waals surface area contributed by atoms with Gasteiger partial charge in [-0.05, 0) is 36.6 Å². The molecule has 0 N–H and O–H groups in total. The molecule has 0 fully saturated rings. The van der Waals surface area contributed by atoms with Crippen LogP contribution in [0.5, 0.6) is 0 Å². The number of halogens is 1. The lowest BCUT2D eigenvalue weighted by Crippen LogP contribution is -2.27. The molecule has 0 spiro atoms. The van der Waals surface area contributed by atoms with E-state index in [9.17, 15) is 0 Å². The van der Waals surface area contributed by atoms with E-state index in [1.165, 1.54) is 5.69 Å². The van der Waals surface area contributed by atoms with Crippen LogP contribution in [-0.2, 0) is 6.54 Å². The number of nitrogens with zero attached hydrogens (tertiary/aromatic N) is 3. The molecule has 0 aliphatic rings. The van der Waals surface area contributed by atoms with E-state index in [-0.39, 0.29) is 0 Å². The van der Waals surface area contributed by atoms with Crippen molar-refractivity contribution in [2.45, 2.75) is 46.6 Å². The fourth-order valence-electron chi connectivity index (χ4n) is 2.50. The molecule has 2 rings (SSSR count). The molecule has 2 heterocycles. The Bertz CT molecular complexity index is 778. The van der Waals surface area contributed by atoms with Crippen molar-refractivity contribution in [3.8, 4) is 5.69 Å². The van der Waals surface area contributed by atoms with E-state index >= 15 is 0 Å². The van der Waals surface area contributed by atoms with Crippen LogP contribution in [0.1, 0.15) is 45.7 Å². The largest absolute Gasteiger partial charge is 0.310 e. The minimum absolute atomic E-state index is 0.390. The fourth-order valence-corrected chi connectivity index (χ4v) is 2.61. The maximum atomic E-state index is 6.22. The highest BCUT2D eigenvalue weighted by atomic mass is 35.5. The van der Waals surface area contributed by atoms with Crippen molar-refractivity contribution in [3.05, 3.63) is 45.8 Å². The lowest BCUT2D eigenvalue weighted by Gasteiger charge is -2.10. The van der Waals surface area contributed by atoms with Gasteiger partial charge in [0.1, 0.15) is 0 Å². The number of hydrogen-bond donors (Lipinski definition) is 0. The van der Waals surface area contributed by atoms with Crippen molar-refractivity contribution in [1.82, 2.24) is 14.3 Å². The Morgan fingerprint density at radius 3 is 2.77 bits per heavy atom. The topological polar surface area (TPSA) is 22.8 Å². The Labute approximate surface area is 137 Å². The molecule has 0 bridgehead atoms. The van der Waals surface area contributed by atoms with Crippen LogP contribution >= 0.6 is 11.6 Å². The summed E-state index contributed by atoms with van der Waals surface area (Å²) >= 11 is 6.22. The maximum absolute atomic E-state index is 6.22. The first-order valence-electron chi connectivity index (χ1n) is 7.74. The second-order valence-electron chi connectivity index (χ2n) is 5.75. The number of hydrogen-bond acceptors (Lipinski definition) is 1. The van der Waals surface area contributed by atoms with Gasteiger partial charge in [-0.15, -0.1) is 0 Å². The summed E-state index contributed by atoms with van der Waals surface area (Å²) in [6.45, 7) is 13.5. The quantitative estimate of drug-likeness (QED) is 0.827. The Kier molecular flexibility index (Phi) is 5.30. The van der Waals surface area contributed by atoms with Gasteiger partial charge in [-0.25, -0.2) is 0 Å². The standard InChI is InChI=1S/C18H24ClN3/c1-6-8-21-12-16(11-20-21)22-17(13(3)4)9-14(5)18(22)10-15(19)7-2/h7,9-13H,5-6,8H2,1-4H3/b15-7+,18-10+. The van der Waals surface area contributed by atoms with Gasteiger partial charge in [0.05, 0.1) is 17.2 Å². The maximum Gasteiger partial charge on any atom is 0.0840 e. The third-order valence-electron chi connectivity index (χ3n) is 3.62. The van der Waals surface area contributed by atoms with Gasteiger partial charge in [0.15, 0.2) is 0 Å².